The summed E-state index contributed by atoms with van der Waals surface area (Å²) in [6.45, 7) is 3.24. The lowest BCUT2D eigenvalue weighted by Crippen LogP contribution is -2.35. The van der Waals surface area contributed by atoms with Crippen molar-refractivity contribution in [3.8, 4) is 5.75 Å². The van der Waals surface area contributed by atoms with Gasteiger partial charge in [-0.25, -0.2) is 0 Å². The number of benzene rings is 1. The molecule has 5 nitrogen and oxygen atoms in total. The molecule has 0 aromatic heterocycles. The van der Waals surface area contributed by atoms with Gasteiger partial charge >= 0.3 is 0 Å². The smallest absolute Gasteiger partial charge is 0.221 e. The Morgan fingerprint density at radius 2 is 2.00 bits per heavy atom. The molecule has 1 unspecified atom stereocenters. The lowest BCUT2D eigenvalue weighted by Gasteiger charge is -2.27. The minimum Gasteiger partial charge on any atom is -0.461 e. The first kappa shape index (κ1) is 13.6. The summed E-state index contributed by atoms with van der Waals surface area (Å²) < 4.78 is 11.1. The molecule has 2 rings (SSSR count). The summed E-state index contributed by atoms with van der Waals surface area (Å²) >= 11 is 0. The second-order valence-electron chi connectivity index (χ2n) is 4.41. The number of nitrogens with one attached hydrogen (secondary N) is 1. The van der Waals surface area contributed by atoms with Crippen molar-refractivity contribution in [2.45, 2.75) is 32.3 Å². The van der Waals surface area contributed by atoms with Gasteiger partial charge in [0.25, 0.3) is 0 Å². The normalized spacial score (nSPS) is 25.9. The predicted molar refractivity (Wildman–Crippen MR) is 70.9 cm³/mol. The molecule has 0 fully saturated rings. The van der Waals surface area contributed by atoms with E-state index in [9.17, 15) is 9.90 Å². The molecule has 0 aliphatic carbocycles. The lowest BCUT2D eigenvalue weighted by atomic mass is 10.2. The molecule has 5 heteroatoms. The van der Waals surface area contributed by atoms with Crippen molar-refractivity contribution >= 4 is 11.6 Å². The monoisotopic (exact) mass is 263 g/mol. The molecule has 0 saturated carbocycles. The fraction of sp³-hybridized carbons (Fsp3) is 0.357. The number of hydrogen-bond donors (Lipinski definition) is 2. The highest BCUT2D eigenvalue weighted by atomic mass is 16.7. The summed E-state index contributed by atoms with van der Waals surface area (Å²) in [5, 5.41) is 12.1. The summed E-state index contributed by atoms with van der Waals surface area (Å²) in [5.74, 6) is 0.516. The third kappa shape index (κ3) is 3.81. The Bertz CT molecular complexity index is 469. The number of aliphatic hydroxyl groups excluding tert-OH is 1. The number of amides is 1. The molecule has 1 aromatic rings. The van der Waals surface area contributed by atoms with Crippen LogP contribution in [0.3, 0.4) is 0 Å². The van der Waals surface area contributed by atoms with Gasteiger partial charge in [0.1, 0.15) is 5.75 Å². The van der Waals surface area contributed by atoms with Crippen molar-refractivity contribution < 1.29 is 19.4 Å². The zero-order valence-corrected chi connectivity index (χ0v) is 10.9. The fourth-order valence-corrected chi connectivity index (χ4v) is 1.72. The number of carbonyl (C=O) groups is 1. The number of rotatable bonds is 3. The Labute approximate surface area is 111 Å². The Kier molecular flexibility index (Phi) is 4.19. The Morgan fingerprint density at radius 1 is 1.32 bits per heavy atom. The van der Waals surface area contributed by atoms with Gasteiger partial charge in [0.2, 0.25) is 12.2 Å². The van der Waals surface area contributed by atoms with Gasteiger partial charge in [-0.05, 0) is 37.3 Å². The van der Waals surface area contributed by atoms with E-state index in [4.69, 9.17) is 9.47 Å². The van der Waals surface area contributed by atoms with Gasteiger partial charge < -0.3 is 19.9 Å². The van der Waals surface area contributed by atoms with Crippen LogP contribution < -0.4 is 10.1 Å². The molecule has 1 heterocycles. The van der Waals surface area contributed by atoms with Gasteiger partial charge in [0, 0.05) is 12.6 Å². The van der Waals surface area contributed by atoms with Crippen LogP contribution >= 0.6 is 0 Å². The summed E-state index contributed by atoms with van der Waals surface area (Å²) in [6, 6.07) is 7.00. The maximum atomic E-state index is 10.9. The van der Waals surface area contributed by atoms with Crippen molar-refractivity contribution in [1.29, 1.82) is 0 Å². The van der Waals surface area contributed by atoms with E-state index in [0.29, 0.717) is 11.4 Å². The number of ether oxygens (including phenoxy) is 2. The number of anilines is 1. The van der Waals surface area contributed by atoms with Crippen molar-refractivity contribution in [3.05, 3.63) is 36.4 Å². The number of hydrogen-bond acceptors (Lipinski definition) is 4. The minimum atomic E-state index is -0.595. The average molecular weight is 263 g/mol. The highest BCUT2D eigenvalue weighted by Crippen LogP contribution is 2.20. The van der Waals surface area contributed by atoms with Crippen LogP contribution in [-0.2, 0) is 9.53 Å². The van der Waals surface area contributed by atoms with Crippen LogP contribution in [0, 0.1) is 0 Å². The Morgan fingerprint density at radius 3 is 2.58 bits per heavy atom. The average Bonchev–Trinajstić information content (AvgIpc) is 2.36. The van der Waals surface area contributed by atoms with E-state index in [1.165, 1.54) is 6.92 Å². The van der Waals surface area contributed by atoms with Crippen molar-refractivity contribution in [3.63, 3.8) is 0 Å². The maximum Gasteiger partial charge on any atom is 0.221 e. The molecule has 2 N–H and O–H groups in total. The van der Waals surface area contributed by atoms with E-state index >= 15 is 0 Å². The van der Waals surface area contributed by atoms with E-state index < -0.39 is 12.4 Å². The van der Waals surface area contributed by atoms with E-state index in [0.717, 1.165) is 0 Å². The van der Waals surface area contributed by atoms with Gasteiger partial charge in [-0.15, -0.1) is 0 Å². The zero-order valence-electron chi connectivity index (χ0n) is 10.9. The molecule has 0 spiro atoms. The van der Waals surface area contributed by atoms with Crippen LogP contribution in [0.1, 0.15) is 13.8 Å². The molecule has 102 valence electrons. The lowest BCUT2D eigenvalue weighted by molar-refractivity contribution is -0.122. The van der Waals surface area contributed by atoms with E-state index in [1.807, 2.05) is 0 Å². The quantitative estimate of drug-likeness (QED) is 0.814. The van der Waals surface area contributed by atoms with Crippen LogP contribution in [0.25, 0.3) is 0 Å². The second kappa shape index (κ2) is 5.86. The highest BCUT2D eigenvalue weighted by molar-refractivity contribution is 5.88. The van der Waals surface area contributed by atoms with Gasteiger partial charge in [-0.3, -0.25) is 4.79 Å². The Hall–Kier alpha value is -1.85. The molecule has 0 saturated heterocycles. The summed E-state index contributed by atoms with van der Waals surface area (Å²) in [4.78, 5) is 10.9. The minimum absolute atomic E-state index is 0.116. The molecule has 19 heavy (non-hydrogen) atoms. The van der Waals surface area contributed by atoms with Crippen LogP contribution in [0.15, 0.2) is 36.4 Å². The number of carbonyl (C=O) groups excluding carboxylic acids is 1. The van der Waals surface area contributed by atoms with E-state index in [2.05, 4.69) is 5.32 Å². The third-order valence-corrected chi connectivity index (χ3v) is 2.72. The predicted octanol–water partition coefficient (Wildman–Crippen LogP) is 1.69. The Balaban J connectivity index is 1.96. The van der Waals surface area contributed by atoms with Crippen LogP contribution in [0.4, 0.5) is 5.69 Å². The van der Waals surface area contributed by atoms with Gasteiger partial charge in [-0.1, -0.05) is 6.08 Å². The molecule has 1 aromatic carbocycles. The number of aliphatic hydroxyl groups is 1. The summed E-state index contributed by atoms with van der Waals surface area (Å²) in [7, 11) is 0. The first-order valence-electron chi connectivity index (χ1n) is 6.11. The third-order valence-electron chi connectivity index (χ3n) is 2.72. The van der Waals surface area contributed by atoms with E-state index in [1.54, 1.807) is 43.3 Å². The molecule has 0 bridgehead atoms. The van der Waals surface area contributed by atoms with Crippen LogP contribution in [-0.4, -0.2) is 29.5 Å². The molecule has 3 atom stereocenters. The SMILES string of the molecule is CC(=O)Nc1ccc(O[C@@H]2C=C[C@H](O)C(C)O2)cc1. The highest BCUT2D eigenvalue weighted by Gasteiger charge is 2.22. The molecule has 0 radical (unpaired) electrons. The maximum absolute atomic E-state index is 10.9. The summed E-state index contributed by atoms with van der Waals surface area (Å²) in [5.41, 5.74) is 0.712. The largest absolute Gasteiger partial charge is 0.461 e. The molecule has 1 amide bonds. The molecular formula is C14H17NO4. The second-order valence-corrected chi connectivity index (χ2v) is 4.41. The van der Waals surface area contributed by atoms with Crippen molar-refractivity contribution in [2.24, 2.45) is 0 Å². The van der Waals surface area contributed by atoms with Crippen LogP contribution in [0.2, 0.25) is 0 Å². The molecular weight excluding hydrogens is 246 g/mol. The fourth-order valence-electron chi connectivity index (χ4n) is 1.72. The van der Waals surface area contributed by atoms with Gasteiger partial charge in [0.15, 0.2) is 0 Å². The molecule has 1 aliphatic rings. The standard InChI is InChI=1S/C14H17NO4/c1-9-13(17)7-8-14(18-9)19-12-5-3-11(4-6-12)15-10(2)16/h3-9,13-14,17H,1-2H3,(H,15,16)/t9?,13-,14+/m0/s1. The topological polar surface area (TPSA) is 67.8 Å². The van der Waals surface area contributed by atoms with Crippen molar-refractivity contribution in [2.75, 3.05) is 5.32 Å². The van der Waals surface area contributed by atoms with Gasteiger partial charge in [0.05, 0.1) is 12.2 Å². The van der Waals surface area contributed by atoms with Crippen LogP contribution in [0.5, 0.6) is 5.75 Å². The summed E-state index contributed by atoms with van der Waals surface area (Å²) in [6.07, 6.45) is 1.93. The van der Waals surface area contributed by atoms with Crippen molar-refractivity contribution in [1.82, 2.24) is 0 Å². The zero-order chi connectivity index (χ0) is 13.8. The first-order chi connectivity index (χ1) is 9.04. The van der Waals surface area contributed by atoms with Gasteiger partial charge in [-0.2, -0.15) is 0 Å². The van der Waals surface area contributed by atoms with E-state index in [-0.39, 0.29) is 12.0 Å². The molecule has 1 aliphatic heterocycles. The first-order valence-corrected chi connectivity index (χ1v) is 6.11.